The van der Waals surface area contributed by atoms with Crippen molar-refractivity contribution in [3.8, 4) is 11.5 Å². The van der Waals surface area contributed by atoms with E-state index >= 15 is 0 Å². The molecular formula is C22H20Cl2N2O7S2. The number of carbonyl (C=O) groups is 2. The quantitative estimate of drug-likeness (QED) is 0.368. The van der Waals surface area contributed by atoms with Gasteiger partial charge < -0.3 is 19.9 Å². The molecule has 3 aromatic rings. The number of amides is 1. The zero-order valence-corrected chi connectivity index (χ0v) is 21.8. The number of thiophene rings is 1. The topological polar surface area (TPSA) is 122 Å². The molecule has 0 bridgehead atoms. The number of carboxylic acid groups (broad SMARTS) is 1. The number of sulfonamides is 1. The maximum atomic E-state index is 13.4. The Hall–Kier alpha value is -2.99. The number of halogens is 2. The van der Waals surface area contributed by atoms with Gasteiger partial charge in [0.25, 0.3) is 15.9 Å². The van der Waals surface area contributed by atoms with Crippen LogP contribution in [0, 0.1) is 0 Å². The summed E-state index contributed by atoms with van der Waals surface area (Å²) >= 11 is 12.7. The highest BCUT2D eigenvalue weighted by molar-refractivity contribution is 7.93. The van der Waals surface area contributed by atoms with E-state index in [1.165, 1.54) is 44.5 Å². The van der Waals surface area contributed by atoms with Crippen molar-refractivity contribution >= 4 is 67.8 Å². The third-order valence-corrected chi connectivity index (χ3v) is 8.31. The van der Waals surface area contributed by atoms with E-state index in [4.69, 9.17) is 32.7 Å². The van der Waals surface area contributed by atoms with Crippen LogP contribution in [-0.2, 0) is 10.0 Å². The lowest BCUT2D eigenvalue weighted by atomic mass is 10.2. The summed E-state index contributed by atoms with van der Waals surface area (Å²) in [6.45, 7) is 2.21. The summed E-state index contributed by atoms with van der Waals surface area (Å²) in [6.07, 6.45) is 0. The molecule has 0 atom stereocenters. The standard InChI is InChI=1S/C22H20Cl2N2O7S2/c1-4-33-16-8-6-13(10-17(16)32-3)26(2)35(30,31)18-11-19(24)34-20(18)21(27)25-12-5-7-15(23)14(9-12)22(28)29/h5-11H,4H2,1-3H3,(H,25,27)(H,28,29). The van der Waals surface area contributed by atoms with Crippen LogP contribution in [0.4, 0.5) is 11.4 Å². The minimum absolute atomic E-state index is 0.00894. The molecule has 186 valence electrons. The number of hydrogen-bond donors (Lipinski definition) is 2. The lowest BCUT2D eigenvalue weighted by Gasteiger charge is -2.21. The second kappa shape index (κ2) is 10.7. The van der Waals surface area contributed by atoms with Gasteiger partial charge in [-0.05, 0) is 43.3 Å². The van der Waals surface area contributed by atoms with Gasteiger partial charge in [0.1, 0.15) is 9.77 Å². The van der Waals surface area contributed by atoms with Crippen molar-refractivity contribution < 1.29 is 32.6 Å². The van der Waals surface area contributed by atoms with E-state index in [0.717, 1.165) is 15.6 Å². The molecule has 1 aromatic heterocycles. The number of nitrogens with one attached hydrogen (secondary N) is 1. The average molecular weight is 559 g/mol. The summed E-state index contributed by atoms with van der Waals surface area (Å²) in [6, 6.07) is 9.69. The van der Waals surface area contributed by atoms with E-state index in [1.54, 1.807) is 12.1 Å². The van der Waals surface area contributed by atoms with Crippen LogP contribution in [0.15, 0.2) is 47.4 Å². The highest BCUT2D eigenvalue weighted by Gasteiger charge is 2.30. The molecule has 35 heavy (non-hydrogen) atoms. The van der Waals surface area contributed by atoms with Crippen LogP contribution >= 0.6 is 34.5 Å². The van der Waals surface area contributed by atoms with Crippen LogP contribution in [0.2, 0.25) is 9.36 Å². The smallest absolute Gasteiger partial charge is 0.337 e. The molecule has 0 aliphatic heterocycles. The Morgan fingerprint density at radius 1 is 1.11 bits per heavy atom. The summed E-state index contributed by atoms with van der Waals surface area (Å²) in [5, 5.41) is 11.7. The van der Waals surface area contributed by atoms with Gasteiger partial charge in [0, 0.05) is 18.8 Å². The number of carboxylic acids is 1. The number of nitrogens with zero attached hydrogens (tertiary/aromatic N) is 1. The fourth-order valence-corrected chi connectivity index (χ4v) is 6.14. The Labute approximate surface area is 215 Å². The fraction of sp³-hybridized carbons (Fsp3) is 0.182. The van der Waals surface area contributed by atoms with Crippen molar-refractivity contribution in [2.45, 2.75) is 11.8 Å². The zero-order chi connectivity index (χ0) is 25.9. The number of ether oxygens (including phenoxy) is 2. The van der Waals surface area contributed by atoms with Crippen LogP contribution in [0.25, 0.3) is 0 Å². The lowest BCUT2D eigenvalue weighted by molar-refractivity contribution is 0.0696. The number of hydrogen-bond acceptors (Lipinski definition) is 7. The molecule has 0 saturated carbocycles. The molecule has 0 aliphatic rings. The number of anilines is 2. The van der Waals surface area contributed by atoms with Crippen LogP contribution < -0.4 is 19.1 Å². The van der Waals surface area contributed by atoms with Crippen molar-refractivity contribution in [3.63, 3.8) is 0 Å². The van der Waals surface area contributed by atoms with Crippen LogP contribution in [0.5, 0.6) is 11.5 Å². The molecule has 0 unspecified atom stereocenters. The first-order valence-electron chi connectivity index (χ1n) is 9.92. The molecule has 1 amide bonds. The summed E-state index contributed by atoms with van der Waals surface area (Å²) in [4.78, 5) is 23.8. The molecule has 0 radical (unpaired) electrons. The van der Waals surface area contributed by atoms with Gasteiger partial charge in [0.15, 0.2) is 11.5 Å². The number of aromatic carboxylic acids is 1. The highest BCUT2D eigenvalue weighted by Crippen LogP contribution is 2.37. The van der Waals surface area contributed by atoms with Crippen LogP contribution in [0.1, 0.15) is 27.0 Å². The van der Waals surface area contributed by atoms with Crippen LogP contribution in [0.3, 0.4) is 0 Å². The maximum Gasteiger partial charge on any atom is 0.337 e. The van der Waals surface area contributed by atoms with E-state index in [0.29, 0.717) is 18.1 Å². The molecule has 9 nitrogen and oxygen atoms in total. The average Bonchev–Trinajstić information content (AvgIpc) is 3.22. The first-order valence-corrected chi connectivity index (χ1v) is 12.9. The Morgan fingerprint density at radius 3 is 2.46 bits per heavy atom. The van der Waals surface area contributed by atoms with Crippen molar-refractivity contribution in [2.24, 2.45) is 0 Å². The van der Waals surface area contributed by atoms with Gasteiger partial charge in [0.2, 0.25) is 0 Å². The van der Waals surface area contributed by atoms with Gasteiger partial charge in [0.05, 0.1) is 34.3 Å². The minimum Gasteiger partial charge on any atom is -0.493 e. The van der Waals surface area contributed by atoms with Crippen molar-refractivity contribution in [1.29, 1.82) is 0 Å². The summed E-state index contributed by atoms with van der Waals surface area (Å²) in [5.41, 5.74) is 0.169. The van der Waals surface area contributed by atoms with E-state index in [9.17, 15) is 23.1 Å². The maximum absolute atomic E-state index is 13.4. The van der Waals surface area contributed by atoms with Gasteiger partial charge >= 0.3 is 5.97 Å². The molecule has 2 N–H and O–H groups in total. The predicted molar refractivity (Wildman–Crippen MR) is 135 cm³/mol. The first-order chi connectivity index (χ1) is 16.5. The van der Waals surface area contributed by atoms with E-state index in [2.05, 4.69) is 5.32 Å². The van der Waals surface area contributed by atoms with E-state index in [-0.39, 0.29) is 36.1 Å². The zero-order valence-electron chi connectivity index (χ0n) is 18.7. The molecule has 0 spiro atoms. The molecule has 0 saturated heterocycles. The lowest BCUT2D eigenvalue weighted by Crippen LogP contribution is -2.28. The Morgan fingerprint density at radius 2 is 1.83 bits per heavy atom. The van der Waals surface area contributed by atoms with Gasteiger partial charge in [-0.3, -0.25) is 9.10 Å². The largest absolute Gasteiger partial charge is 0.493 e. The Kier molecular flexibility index (Phi) is 8.16. The first kappa shape index (κ1) is 26.6. The highest BCUT2D eigenvalue weighted by atomic mass is 35.5. The minimum atomic E-state index is -4.23. The summed E-state index contributed by atoms with van der Waals surface area (Å²) in [5.74, 6) is -1.27. The third kappa shape index (κ3) is 5.64. The second-order valence-corrected chi connectivity index (χ2v) is 11.0. The normalized spacial score (nSPS) is 11.1. The van der Waals surface area contributed by atoms with Gasteiger partial charge in [-0.2, -0.15) is 0 Å². The summed E-state index contributed by atoms with van der Waals surface area (Å²) in [7, 11) is -1.47. The molecule has 3 rings (SSSR count). The second-order valence-electron chi connectivity index (χ2n) is 6.94. The number of carbonyl (C=O) groups excluding carboxylic acids is 1. The molecule has 1 heterocycles. The van der Waals surface area contributed by atoms with Gasteiger partial charge in [-0.25, -0.2) is 13.2 Å². The van der Waals surface area contributed by atoms with Gasteiger partial charge in [-0.15, -0.1) is 11.3 Å². The molecule has 13 heteroatoms. The number of methoxy groups -OCH3 is 1. The number of rotatable bonds is 9. The molecular weight excluding hydrogens is 539 g/mol. The molecule has 0 fully saturated rings. The van der Waals surface area contributed by atoms with Crippen molar-refractivity contribution in [1.82, 2.24) is 0 Å². The van der Waals surface area contributed by atoms with Gasteiger partial charge in [-0.1, -0.05) is 23.2 Å². The van der Waals surface area contributed by atoms with Crippen molar-refractivity contribution in [3.05, 3.63) is 62.3 Å². The van der Waals surface area contributed by atoms with E-state index < -0.39 is 21.9 Å². The Balaban J connectivity index is 1.96. The number of benzene rings is 2. The monoisotopic (exact) mass is 558 g/mol. The third-order valence-electron chi connectivity index (χ3n) is 4.78. The predicted octanol–water partition coefficient (Wildman–Crippen LogP) is 5.24. The fourth-order valence-electron chi connectivity index (χ4n) is 3.06. The van der Waals surface area contributed by atoms with Crippen LogP contribution in [-0.4, -0.2) is 46.2 Å². The summed E-state index contributed by atoms with van der Waals surface area (Å²) < 4.78 is 38.7. The SMILES string of the molecule is CCOc1ccc(N(C)S(=O)(=O)c2cc(Cl)sc2C(=O)Nc2ccc(Cl)c(C(=O)O)c2)cc1OC. The van der Waals surface area contributed by atoms with E-state index in [1.807, 2.05) is 6.92 Å². The molecule has 0 aliphatic carbocycles. The Bertz CT molecular complexity index is 1390. The molecule has 2 aromatic carbocycles. The van der Waals surface area contributed by atoms with Crippen molar-refractivity contribution in [2.75, 3.05) is 30.4 Å².